The van der Waals surface area contributed by atoms with Crippen molar-refractivity contribution in [2.75, 3.05) is 0 Å². The fourth-order valence-electron chi connectivity index (χ4n) is 1.56. The second-order valence-corrected chi connectivity index (χ2v) is 4.78. The quantitative estimate of drug-likeness (QED) is 0.519. The summed E-state index contributed by atoms with van der Waals surface area (Å²) in [7, 11) is 0. The molecule has 1 aliphatic heterocycles. The monoisotopic (exact) mass is 206 g/mol. The summed E-state index contributed by atoms with van der Waals surface area (Å²) in [4.78, 5) is 12.5. The summed E-state index contributed by atoms with van der Waals surface area (Å²) < 4.78 is 11.8. The van der Waals surface area contributed by atoms with E-state index in [0.717, 1.165) is 15.4 Å². The number of ketones is 1. The second-order valence-electron chi connectivity index (χ2n) is 3.27. The van der Waals surface area contributed by atoms with Crippen LogP contribution in [0.25, 0.3) is 0 Å². The number of rotatable bonds is 1. The maximum absolute atomic E-state index is 11.8. The van der Waals surface area contributed by atoms with E-state index in [1.54, 1.807) is 0 Å². The van der Waals surface area contributed by atoms with Gasteiger partial charge in [0.2, 0.25) is 0 Å². The first-order chi connectivity index (χ1) is 6.68. The molecule has 0 radical (unpaired) electrons. The number of allylic oxidation sites excluding steroid dienone is 2. The highest BCUT2D eigenvalue weighted by Gasteiger charge is 2.30. The Bertz CT molecular complexity index is 410. The first-order valence-corrected chi connectivity index (χ1v) is 5.54. The van der Waals surface area contributed by atoms with E-state index in [4.69, 9.17) is 0 Å². The molecule has 0 aliphatic carbocycles. The van der Waals surface area contributed by atoms with Crippen LogP contribution >= 0.6 is 0 Å². The van der Waals surface area contributed by atoms with Gasteiger partial charge in [-0.2, -0.15) is 0 Å². The fraction of sp³-hybridized carbons (Fsp3) is 0.182. The average Bonchev–Trinajstić information content (AvgIpc) is 2.44. The summed E-state index contributed by atoms with van der Waals surface area (Å²) in [6.07, 6.45) is 2.12. The van der Waals surface area contributed by atoms with Gasteiger partial charge in [-0.15, -0.1) is 0 Å². The Morgan fingerprint density at radius 3 is 2.86 bits per heavy atom. The molecule has 2 nitrogen and oxygen atoms in total. The van der Waals surface area contributed by atoms with Gasteiger partial charge in [-0.1, -0.05) is 18.2 Å². The van der Waals surface area contributed by atoms with Crippen molar-refractivity contribution in [2.24, 2.45) is 0 Å². The van der Waals surface area contributed by atoms with Gasteiger partial charge in [0.05, 0.1) is 0 Å². The number of fused-ring (bicyclic) bond motifs is 1. The van der Waals surface area contributed by atoms with Gasteiger partial charge in [0.15, 0.2) is 10.7 Å². The smallest absolute Gasteiger partial charge is 0.161 e. The van der Waals surface area contributed by atoms with Gasteiger partial charge in [0, 0.05) is 29.2 Å². The molecule has 1 unspecified atom stereocenters. The first kappa shape index (κ1) is 9.49. The fourth-order valence-corrected chi connectivity index (χ4v) is 2.98. The molecule has 0 aromatic heterocycles. The highest BCUT2D eigenvalue weighted by molar-refractivity contribution is 7.95. The van der Waals surface area contributed by atoms with Crippen LogP contribution in [0.5, 0.6) is 0 Å². The summed E-state index contributed by atoms with van der Waals surface area (Å²) >= 11 is -1.12. The molecule has 1 aliphatic rings. The van der Waals surface area contributed by atoms with Gasteiger partial charge >= 0.3 is 0 Å². The van der Waals surface area contributed by atoms with Crippen LogP contribution in [0.15, 0.2) is 40.1 Å². The molecule has 0 bridgehead atoms. The van der Waals surface area contributed by atoms with E-state index in [9.17, 15) is 9.35 Å². The third kappa shape index (κ3) is 1.61. The van der Waals surface area contributed by atoms with Crippen molar-refractivity contribution in [1.29, 1.82) is 0 Å². The third-order valence-corrected chi connectivity index (χ3v) is 3.68. The van der Waals surface area contributed by atoms with Crippen LogP contribution in [0, 0.1) is 0 Å². The highest BCUT2D eigenvalue weighted by Crippen LogP contribution is 2.33. The van der Waals surface area contributed by atoms with E-state index in [1.165, 1.54) is 13.0 Å². The zero-order chi connectivity index (χ0) is 10.1. The lowest BCUT2D eigenvalue weighted by Gasteiger charge is -2.03. The molecule has 0 saturated heterocycles. The lowest BCUT2D eigenvalue weighted by Crippen LogP contribution is -1.99. The predicted octanol–water partition coefficient (Wildman–Crippen LogP) is 1.82. The summed E-state index contributed by atoms with van der Waals surface area (Å²) in [5.74, 6) is -0.0406. The summed E-state index contributed by atoms with van der Waals surface area (Å²) in [6.45, 7) is 1.48. The van der Waals surface area contributed by atoms with Crippen LogP contribution < -0.4 is 0 Å². The van der Waals surface area contributed by atoms with Crippen molar-refractivity contribution in [3.8, 4) is 0 Å². The van der Waals surface area contributed by atoms with Gasteiger partial charge < -0.3 is 4.55 Å². The summed E-state index contributed by atoms with van der Waals surface area (Å²) in [6, 6.07) is 7.60. The Labute approximate surface area is 85.8 Å². The van der Waals surface area contributed by atoms with Crippen molar-refractivity contribution in [1.82, 2.24) is 0 Å². The first-order valence-electron chi connectivity index (χ1n) is 4.39. The van der Waals surface area contributed by atoms with E-state index in [1.807, 2.05) is 24.3 Å². The van der Waals surface area contributed by atoms with Crippen molar-refractivity contribution in [3.63, 3.8) is 0 Å². The van der Waals surface area contributed by atoms with Crippen molar-refractivity contribution < 1.29 is 9.35 Å². The minimum absolute atomic E-state index is 0.0406. The Hall–Kier alpha value is -1.06. The minimum Gasteiger partial charge on any atom is -0.607 e. The SMILES string of the molecule is CC(=O)C=C1Cc2ccccc2[S+]1[O-]. The molecule has 3 heteroatoms. The molecule has 14 heavy (non-hydrogen) atoms. The second kappa shape index (κ2) is 3.59. The van der Waals surface area contributed by atoms with Crippen LogP contribution in [-0.4, -0.2) is 10.3 Å². The van der Waals surface area contributed by atoms with Crippen LogP contribution in [0.3, 0.4) is 0 Å². The number of hydrogen-bond acceptors (Lipinski definition) is 2. The molecule has 0 fully saturated rings. The topological polar surface area (TPSA) is 40.1 Å². The molecule has 0 saturated carbocycles. The zero-order valence-corrected chi connectivity index (χ0v) is 8.64. The lowest BCUT2D eigenvalue weighted by molar-refractivity contribution is -0.112. The van der Waals surface area contributed by atoms with Gasteiger partial charge in [0.1, 0.15) is 4.91 Å². The number of benzene rings is 1. The molecule has 1 atom stereocenters. The van der Waals surface area contributed by atoms with Crippen LogP contribution in [-0.2, 0) is 22.4 Å². The molecular weight excluding hydrogens is 196 g/mol. The van der Waals surface area contributed by atoms with Crippen molar-refractivity contribution in [2.45, 2.75) is 18.2 Å². The molecule has 1 aromatic rings. The number of carbonyl (C=O) groups excluding carboxylic acids is 1. The predicted molar refractivity (Wildman–Crippen MR) is 55.3 cm³/mol. The van der Waals surface area contributed by atoms with E-state index >= 15 is 0 Å². The number of carbonyl (C=O) groups is 1. The molecule has 2 rings (SSSR count). The molecule has 1 aromatic carbocycles. The van der Waals surface area contributed by atoms with E-state index < -0.39 is 11.2 Å². The minimum atomic E-state index is -1.12. The van der Waals surface area contributed by atoms with Gasteiger partial charge in [-0.3, -0.25) is 4.79 Å². The normalized spacial score (nSPS) is 22.4. The maximum Gasteiger partial charge on any atom is 0.161 e. The van der Waals surface area contributed by atoms with Gasteiger partial charge in [-0.25, -0.2) is 0 Å². The maximum atomic E-state index is 11.8. The molecule has 72 valence electrons. The van der Waals surface area contributed by atoms with Crippen molar-refractivity contribution >= 4 is 17.0 Å². The van der Waals surface area contributed by atoms with Crippen LogP contribution in [0.2, 0.25) is 0 Å². The summed E-state index contributed by atoms with van der Waals surface area (Å²) in [5.41, 5.74) is 1.07. The standard InChI is InChI=1S/C11H10O2S/c1-8(12)6-10-7-9-4-2-3-5-11(9)14(10)13/h2-6H,7H2,1H3. The zero-order valence-electron chi connectivity index (χ0n) is 7.82. The lowest BCUT2D eigenvalue weighted by atomic mass is 10.1. The van der Waals surface area contributed by atoms with Crippen LogP contribution in [0.4, 0.5) is 0 Å². The Morgan fingerprint density at radius 1 is 1.50 bits per heavy atom. The van der Waals surface area contributed by atoms with Crippen molar-refractivity contribution in [3.05, 3.63) is 40.8 Å². The van der Waals surface area contributed by atoms with Gasteiger partial charge in [-0.05, 0) is 13.0 Å². The Balaban J connectivity index is 2.39. The van der Waals surface area contributed by atoms with E-state index in [2.05, 4.69) is 0 Å². The Morgan fingerprint density at radius 2 is 2.21 bits per heavy atom. The molecule has 0 spiro atoms. The highest BCUT2D eigenvalue weighted by atomic mass is 32.2. The number of hydrogen-bond donors (Lipinski definition) is 0. The summed E-state index contributed by atoms with van der Waals surface area (Å²) in [5, 5.41) is 0. The Kier molecular flexibility index (Phi) is 2.44. The molecule has 0 N–H and O–H groups in total. The molecule has 1 heterocycles. The van der Waals surface area contributed by atoms with E-state index in [0.29, 0.717) is 6.42 Å². The average molecular weight is 206 g/mol. The third-order valence-electron chi connectivity index (χ3n) is 2.14. The van der Waals surface area contributed by atoms with Crippen LogP contribution in [0.1, 0.15) is 12.5 Å². The largest absolute Gasteiger partial charge is 0.607 e. The van der Waals surface area contributed by atoms with E-state index in [-0.39, 0.29) is 5.78 Å². The van der Waals surface area contributed by atoms with Gasteiger partial charge in [0.25, 0.3) is 0 Å². The molecule has 0 amide bonds. The molecular formula is C11H10O2S.